The summed E-state index contributed by atoms with van der Waals surface area (Å²) in [4.78, 5) is 4.86. The highest BCUT2D eigenvalue weighted by atomic mass is 14.7. The van der Waals surface area contributed by atoms with Gasteiger partial charge in [0.2, 0.25) is 0 Å². The molecule has 0 saturated heterocycles. The van der Waals surface area contributed by atoms with Gasteiger partial charge < -0.3 is 0 Å². The normalized spacial score (nSPS) is 12.4. The number of rotatable bonds is 5. The van der Waals surface area contributed by atoms with Gasteiger partial charge in [0.15, 0.2) is 0 Å². The summed E-state index contributed by atoms with van der Waals surface area (Å²) in [6, 6.07) is 27.2. The van der Waals surface area contributed by atoms with Crippen LogP contribution in [0.3, 0.4) is 0 Å². The van der Waals surface area contributed by atoms with E-state index in [1.807, 2.05) is 20.1 Å². The Hall–Kier alpha value is -3.71. The molecule has 0 radical (unpaired) electrons. The zero-order valence-electron chi connectivity index (χ0n) is 28.8. The summed E-state index contributed by atoms with van der Waals surface area (Å²) in [7, 11) is 0. The highest BCUT2D eigenvalue weighted by Gasteiger charge is 2.17. The minimum atomic E-state index is 1.04. The molecule has 6 rings (SSSR count). The summed E-state index contributed by atoms with van der Waals surface area (Å²) in [5.41, 5.74) is 16.1. The molecule has 1 heteroatoms. The van der Waals surface area contributed by atoms with Crippen LogP contribution < -0.4 is 0 Å². The zero-order valence-corrected chi connectivity index (χ0v) is 28.8. The Morgan fingerprint density at radius 1 is 0.568 bits per heavy atom. The minimum Gasteiger partial charge on any atom is -0.256 e. The molecule has 0 aromatic heterocycles. The van der Waals surface area contributed by atoms with Gasteiger partial charge in [-0.05, 0) is 113 Å². The first kappa shape index (κ1) is 34.8. The Labute approximate surface area is 269 Å². The Kier molecular flexibility index (Phi) is 14.4. The van der Waals surface area contributed by atoms with E-state index >= 15 is 0 Å². The van der Waals surface area contributed by atoms with Gasteiger partial charge in [-0.2, -0.15) is 0 Å². The molecule has 0 fully saturated rings. The number of fused-ring (bicyclic) bond motifs is 6. The van der Waals surface area contributed by atoms with Crippen molar-refractivity contribution in [2.45, 2.75) is 107 Å². The maximum Gasteiger partial charge on any atom is 0.0633 e. The van der Waals surface area contributed by atoms with Crippen LogP contribution in [0.4, 0.5) is 5.69 Å². The first-order valence-electron chi connectivity index (χ1n) is 17.2. The van der Waals surface area contributed by atoms with E-state index in [0.717, 1.165) is 37.8 Å². The molecule has 0 spiro atoms. The summed E-state index contributed by atoms with van der Waals surface area (Å²) >= 11 is 0. The second-order valence-electron chi connectivity index (χ2n) is 11.6. The third-order valence-corrected chi connectivity index (χ3v) is 7.92. The van der Waals surface area contributed by atoms with Gasteiger partial charge in [0.05, 0.1) is 5.69 Å². The average molecular weight is 586 g/mol. The first-order chi connectivity index (χ1) is 21.5. The van der Waals surface area contributed by atoms with E-state index in [1.54, 1.807) is 0 Å². The number of hydrogen-bond acceptors (Lipinski definition) is 1. The van der Waals surface area contributed by atoms with E-state index in [1.165, 1.54) is 80.5 Å². The lowest BCUT2D eigenvalue weighted by Crippen LogP contribution is -2.05. The third kappa shape index (κ3) is 9.15. The van der Waals surface area contributed by atoms with Crippen LogP contribution in [0.2, 0.25) is 0 Å². The largest absolute Gasteiger partial charge is 0.256 e. The minimum absolute atomic E-state index is 1.04. The Morgan fingerprint density at radius 2 is 1.02 bits per heavy atom. The predicted molar refractivity (Wildman–Crippen MR) is 198 cm³/mol. The summed E-state index contributed by atoms with van der Waals surface area (Å²) in [5.74, 6) is 0. The highest BCUT2D eigenvalue weighted by Crippen LogP contribution is 2.37. The molecule has 0 bridgehead atoms. The Balaban J connectivity index is 0.000000528. The molecule has 232 valence electrons. The summed E-state index contributed by atoms with van der Waals surface area (Å²) in [6.45, 7) is 17.0. The molecule has 4 aromatic rings. The van der Waals surface area contributed by atoms with Crippen molar-refractivity contribution in [3.63, 3.8) is 0 Å². The molecule has 1 nitrogen and oxygen atoms in total. The quantitative estimate of drug-likeness (QED) is 0.207. The Bertz CT molecular complexity index is 1530. The molecule has 44 heavy (non-hydrogen) atoms. The van der Waals surface area contributed by atoms with Gasteiger partial charge in [-0.25, -0.2) is 0 Å². The molecule has 0 amide bonds. The van der Waals surface area contributed by atoms with Crippen molar-refractivity contribution in [3.05, 3.63) is 118 Å². The maximum absolute atomic E-state index is 4.86. The van der Waals surface area contributed by atoms with E-state index in [4.69, 9.17) is 4.99 Å². The first-order valence-corrected chi connectivity index (χ1v) is 17.2. The number of allylic oxidation sites excluding steroid dienone is 1. The summed E-state index contributed by atoms with van der Waals surface area (Å²) in [6.07, 6.45) is 15.8. The van der Waals surface area contributed by atoms with Crippen molar-refractivity contribution in [2.24, 2.45) is 4.99 Å². The van der Waals surface area contributed by atoms with Gasteiger partial charge in [-0.15, -0.1) is 0 Å². The lowest BCUT2D eigenvalue weighted by Gasteiger charge is -2.21. The second kappa shape index (κ2) is 18.2. The van der Waals surface area contributed by atoms with Crippen LogP contribution in [0.5, 0.6) is 0 Å². The van der Waals surface area contributed by atoms with Crippen LogP contribution in [-0.4, -0.2) is 6.21 Å². The van der Waals surface area contributed by atoms with Gasteiger partial charge in [0.1, 0.15) is 0 Å². The number of benzene rings is 4. The molecule has 2 aliphatic rings. The number of nitrogens with zero attached hydrogens (tertiary/aromatic N) is 1. The fraction of sp³-hybridized carbons (Fsp3) is 0.372. The van der Waals surface area contributed by atoms with Crippen LogP contribution >= 0.6 is 0 Å². The molecule has 2 aliphatic carbocycles. The molecule has 0 saturated carbocycles. The molecule has 0 atom stereocenters. The molecular formula is C43H55N. The Morgan fingerprint density at radius 3 is 1.57 bits per heavy atom. The fourth-order valence-corrected chi connectivity index (χ4v) is 5.61. The SMILES string of the molecule is CC.CC/C=C/c1ccc2c(c1)CCc1cc(C=Nc3ccc4c(c3)CCc3cc(C)ccc3-4)ccc1-2.CCC.CCCC. The number of aliphatic imine (C=N–C) groups is 1. The van der Waals surface area contributed by atoms with Gasteiger partial charge in [0, 0.05) is 6.21 Å². The fourth-order valence-electron chi connectivity index (χ4n) is 5.61. The predicted octanol–water partition coefficient (Wildman–Crippen LogP) is 12.9. The molecule has 0 N–H and O–H groups in total. The molecule has 0 aliphatic heterocycles. The summed E-state index contributed by atoms with van der Waals surface area (Å²) in [5, 5.41) is 0. The van der Waals surface area contributed by atoms with Gasteiger partial charge in [-0.3, -0.25) is 4.99 Å². The van der Waals surface area contributed by atoms with E-state index in [0.29, 0.717) is 0 Å². The van der Waals surface area contributed by atoms with Crippen molar-refractivity contribution < 1.29 is 0 Å². The third-order valence-electron chi connectivity index (χ3n) is 7.92. The van der Waals surface area contributed by atoms with E-state index in [-0.39, 0.29) is 0 Å². The van der Waals surface area contributed by atoms with Crippen molar-refractivity contribution in [1.82, 2.24) is 0 Å². The van der Waals surface area contributed by atoms with Crippen molar-refractivity contribution in [1.29, 1.82) is 0 Å². The van der Waals surface area contributed by atoms with Crippen LogP contribution in [0.15, 0.2) is 83.9 Å². The maximum atomic E-state index is 4.86. The van der Waals surface area contributed by atoms with Crippen LogP contribution in [0.1, 0.15) is 113 Å². The van der Waals surface area contributed by atoms with E-state index < -0.39 is 0 Å². The number of unbranched alkanes of at least 4 members (excludes halogenated alkanes) is 1. The summed E-state index contributed by atoms with van der Waals surface area (Å²) < 4.78 is 0. The lowest BCUT2D eigenvalue weighted by atomic mass is 9.84. The lowest BCUT2D eigenvalue weighted by molar-refractivity contribution is 0.886. The van der Waals surface area contributed by atoms with Gasteiger partial charge >= 0.3 is 0 Å². The molecule has 0 unspecified atom stereocenters. The van der Waals surface area contributed by atoms with Crippen molar-refractivity contribution in [2.75, 3.05) is 0 Å². The van der Waals surface area contributed by atoms with Crippen molar-refractivity contribution >= 4 is 18.0 Å². The molecular weight excluding hydrogens is 530 g/mol. The van der Waals surface area contributed by atoms with E-state index in [9.17, 15) is 0 Å². The van der Waals surface area contributed by atoms with Gasteiger partial charge in [0.25, 0.3) is 0 Å². The topological polar surface area (TPSA) is 12.4 Å². The second-order valence-corrected chi connectivity index (χ2v) is 11.6. The van der Waals surface area contributed by atoms with Gasteiger partial charge in [-0.1, -0.05) is 140 Å². The average Bonchev–Trinajstić information content (AvgIpc) is 3.07. The standard InChI is InChI=1S/C34H31N.C4H10.C3H8.C2H6/c1-3-4-5-24-7-15-32-27(19-24)10-11-28-20-25(8-16-33(28)32)22-35-30-13-17-34-29(21-30)12-9-26-18-23(2)6-14-31(26)34;1-3-4-2;1-3-2;1-2/h4-8,13-22H,3,9-12H2,1-2H3;3-4H2,1-2H3;3H2,1-2H3;1-2H3/b5-4+,35-22?;;;. The molecule has 4 aromatic carbocycles. The van der Waals surface area contributed by atoms with Crippen LogP contribution in [-0.2, 0) is 25.7 Å². The number of aryl methyl sites for hydroxylation is 5. The van der Waals surface area contributed by atoms with Crippen molar-refractivity contribution in [3.8, 4) is 22.3 Å². The van der Waals surface area contributed by atoms with E-state index in [2.05, 4.69) is 126 Å². The number of hydrogen-bond donors (Lipinski definition) is 0. The van der Waals surface area contributed by atoms with Crippen LogP contribution in [0, 0.1) is 6.92 Å². The molecule has 0 heterocycles. The zero-order chi connectivity index (χ0) is 31.9. The highest BCUT2D eigenvalue weighted by molar-refractivity contribution is 5.86. The smallest absolute Gasteiger partial charge is 0.0633 e. The monoisotopic (exact) mass is 585 g/mol. The van der Waals surface area contributed by atoms with Crippen LogP contribution in [0.25, 0.3) is 28.3 Å².